The van der Waals surface area contributed by atoms with Crippen LogP contribution in [-0.2, 0) is 0 Å². The Morgan fingerprint density at radius 3 is 2.63 bits per heavy atom. The molecule has 0 spiro atoms. The highest BCUT2D eigenvalue weighted by Crippen LogP contribution is 2.23. The number of benzene rings is 1. The number of hydrogen-bond donors (Lipinski definition) is 1. The summed E-state index contributed by atoms with van der Waals surface area (Å²) in [5, 5.41) is 0.703. The third-order valence-electron chi connectivity index (χ3n) is 2.80. The van der Waals surface area contributed by atoms with Gasteiger partial charge in [0.05, 0.1) is 18.8 Å². The number of halogens is 1. The first kappa shape index (κ1) is 13.8. The molecule has 3 nitrogen and oxygen atoms in total. The van der Waals surface area contributed by atoms with Crippen molar-refractivity contribution in [1.82, 2.24) is 4.98 Å². The number of ether oxygens (including phenoxy) is 1. The third kappa shape index (κ3) is 3.69. The maximum Gasteiger partial charge on any atom is 0.137 e. The first-order chi connectivity index (χ1) is 9.20. The van der Waals surface area contributed by atoms with Gasteiger partial charge in [0.2, 0.25) is 0 Å². The second kappa shape index (κ2) is 6.55. The standard InChI is InChI=1S/C15H17ClN2O/c1-2-7-19-14-8-12(9-18-10-14)15(17)11-3-5-13(16)6-4-11/h3-6,8-10,15H,2,7,17H2,1H3. The van der Waals surface area contributed by atoms with E-state index in [2.05, 4.69) is 11.9 Å². The number of nitrogens with zero attached hydrogens (tertiary/aromatic N) is 1. The van der Waals surface area contributed by atoms with E-state index in [4.69, 9.17) is 22.1 Å². The smallest absolute Gasteiger partial charge is 0.137 e. The van der Waals surface area contributed by atoms with E-state index in [1.807, 2.05) is 30.3 Å². The second-order valence-electron chi connectivity index (χ2n) is 4.33. The summed E-state index contributed by atoms with van der Waals surface area (Å²) in [4.78, 5) is 4.17. The van der Waals surface area contributed by atoms with Gasteiger partial charge in [-0.1, -0.05) is 30.7 Å². The van der Waals surface area contributed by atoms with E-state index in [1.54, 1.807) is 12.4 Å². The van der Waals surface area contributed by atoms with Gasteiger partial charge in [-0.3, -0.25) is 4.98 Å². The summed E-state index contributed by atoms with van der Waals surface area (Å²) < 4.78 is 5.56. The molecule has 4 heteroatoms. The molecule has 2 aromatic rings. The Morgan fingerprint density at radius 1 is 1.21 bits per heavy atom. The van der Waals surface area contributed by atoms with Gasteiger partial charge in [0.15, 0.2) is 0 Å². The van der Waals surface area contributed by atoms with Gasteiger partial charge in [0, 0.05) is 11.2 Å². The van der Waals surface area contributed by atoms with Gasteiger partial charge >= 0.3 is 0 Å². The predicted octanol–water partition coefficient (Wildman–Crippen LogP) is 3.57. The van der Waals surface area contributed by atoms with Gasteiger partial charge in [-0.15, -0.1) is 0 Å². The number of rotatable bonds is 5. The molecule has 1 atom stereocenters. The zero-order valence-corrected chi connectivity index (χ0v) is 11.6. The fraction of sp³-hybridized carbons (Fsp3) is 0.267. The van der Waals surface area contributed by atoms with Crippen molar-refractivity contribution in [3.8, 4) is 5.75 Å². The molecule has 0 bridgehead atoms. The monoisotopic (exact) mass is 276 g/mol. The highest BCUT2D eigenvalue weighted by atomic mass is 35.5. The Bertz CT molecular complexity index is 528. The molecule has 2 N–H and O–H groups in total. The van der Waals surface area contributed by atoms with E-state index >= 15 is 0 Å². The summed E-state index contributed by atoms with van der Waals surface area (Å²) in [5.74, 6) is 0.753. The lowest BCUT2D eigenvalue weighted by atomic mass is 10.0. The molecule has 0 saturated heterocycles. The molecular weight excluding hydrogens is 260 g/mol. The van der Waals surface area contributed by atoms with Gasteiger partial charge in [-0.2, -0.15) is 0 Å². The fourth-order valence-corrected chi connectivity index (χ4v) is 1.89. The Balaban J connectivity index is 2.18. The lowest BCUT2D eigenvalue weighted by molar-refractivity contribution is 0.315. The number of pyridine rings is 1. The summed E-state index contributed by atoms with van der Waals surface area (Å²) >= 11 is 5.87. The Hall–Kier alpha value is -1.58. The van der Waals surface area contributed by atoms with Crippen molar-refractivity contribution in [2.45, 2.75) is 19.4 Å². The Morgan fingerprint density at radius 2 is 1.95 bits per heavy atom. The van der Waals surface area contributed by atoms with E-state index in [0.717, 1.165) is 23.3 Å². The molecule has 2 rings (SSSR count). The predicted molar refractivity (Wildman–Crippen MR) is 77.5 cm³/mol. The van der Waals surface area contributed by atoms with Gasteiger partial charge in [-0.05, 0) is 35.7 Å². The molecule has 1 heterocycles. The first-order valence-corrected chi connectivity index (χ1v) is 6.67. The minimum Gasteiger partial charge on any atom is -0.492 e. The van der Waals surface area contributed by atoms with Crippen LogP contribution in [0.4, 0.5) is 0 Å². The molecule has 100 valence electrons. The average Bonchev–Trinajstić information content (AvgIpc) is 2.45. The van der Waals surface area contributed by atoms with Crippen molar-refractivity contribution < 1.29 is 4.74 Å². The maximum atomic E-state index is 6.23. The van der Waals surface area contributed by atoms with Crippen LogP contribution >= 0.6 is 11.6 Å². The maximum absolute atomic E-state index is 6.23. The van der Waals surface area contributed by atoms with Crippen LogP contribution in [0.15, 0.2) is 42.7 Å². The van der Waals surface area contributed by atoms with E-state index in [1.165, 1.54) is 0 Å². The molecule has 0 saturated carbocycles. The summed E-state index contributed by atoms with van der Waals surface area (Å²) in [6.45, 7) is 2.75. The van der Waals surface area contributed by atoms with Gasteiger partial charge in [-0.25, -0.2) is 0 Å². The number of hydrogen-bond acceptors (Lipinski definition) is 3. The van der Waals surface area contributed by atoms with E-state index in [9.17, 15) is 0 Å². The normalized spacial score (nSPS) is 12.2. The van der Waals surface area contributed by atoms with Crippen molar-refractivity contribution in [2.75, 3.05) is 6.61 Å². The van der Waals surface area contributed by atoms with Gasteiger partial charge in [0.25, 0.3) is 0 Å². The zero-order chi connectivity index (χ0) is 13.7. The zero-order valence-electron chi connectivity index (χ0n) is 10.8. The lowest BCUT2D eigenvalue weighted by Crippen LogP contribution is -2.12. The molecule has 0 aliphatic rings. The topological polar surface area (TPSA) is 48.1 Å². The van der Waals surface area contributed by atoms with Crippen LogP contribution in [0, 0.1) is 0 Å². The van der Waals surface area contributed by atoms with Crippen molar-refractivity contribution in [2.24, 2.45) is 5.73 Å². The summed E-state index contributed by atoms with van der Waals surface area (Å²) in [7, 11) is 0. The van der Waals surface area contributed by atoms with Gasteiger partial charge < -0.3 is 10.5 Å². The summed E-state index contributed by atoms with van der Waals surface area (Å²) in [6, 6.07) is 9.22. The Labute approximate surface area is 118 Å². The molecule has 19 heavy (non-hydrogen) atoms. The quantitative estimate of drug-likeness (QED) is 0.908. The van der Waals surface area contributed by atoms with Crippen molar-refractivity contribution >= 4 is 11.6 Å². The Kier molecular flexibility index (Phi) is 4.77. The molecule has 1 aromatic heterocycles. The largest absolute Gasteiger partial charge is 0.492 e. The van der Waals surface area contributed by atoms with E-state index in [-0.39, 0.29) is 6.04 Å². The molecule has 0 amide bonds. The summed E-state index contributed by atoms with van der Waals surface area (Å²) in [6.07, 6.45) is 4.43. The lowest BCUT2D eigenvalue weighted by Gasteiger charge is -2.13. The highest BCUT2D eigenvalue weighted by molar-refractivity contribution is 6.30. The molecule has 0 aliphatic carbocycles. The third-order valence-corrected chi connectivity index (χ3v) is 3.05. The number of aromatic nitrogens is 1. The van der Waals surface area contributed by atoms with Crippen LogP contribution < -0.4 is 10.5 Å². The van der Waals surface area contributed by atoms with Crippen LogP contribution in [0.25, 0.3) is 0 Å². The molecule has 1 unspecified atom stereocenters. The minimum atomic E-state index is -0.227. The number of nitrogens with two attached hydrogens (primary N) is 1. The highest BCUT2D eigenvalue weighted by Gasteiger charge is 2.10. The first-order valence-electron chi connectivity index (χ1n) is 6.29. The minimum absolute atomic E-state index is 0.227. The second-order valence-corrected chi connectivity index (χ2v) is 4.77. The fourth-order valence-electron chi connectivity index (χ4n) is 1.77. The molecule has 0 radical (unpaired) electrons. The molecule has 0 fully saturated rings. The average molecular weight is 277 g/mol. The molecule has 0 aliphatic heterocycles. The SMILES string of the molecule is CCCOc1cncc(C(N)c2ccc(Cl)cc2)c1. The van der Waals surface area contributed by atoms with Crippen LogP contribution in [0.2, 0.25) is 5.02 Å². The van der Waals surface area contributed by atoms with E-state index in [0.29, 0.717) is 11.6 Å². The van der Waals surface area contributed by atoms with Crippen LogP contribution in [0.1, 0.15) is 30.5 Å². The van der Waals surface area contributed by atoms with Crippen molar-refractivity contribution in [3.05, 3.63) is 58.9 Å². The van der Waals surface area contributed by atoms with Crippen molar-refractivity contribution in [1.29, 1.82) is 0 Å². The van der Waals surface area contributed by atoms with Crippen LogP contribution in [0.5, 0.6) is 5.75 Å². The summed E-state index contributed by atoms with van der Waals surface area (Å²) in [5.41, 5.74) is 8.15. The molecular formula is C15H17ClN2O. The van der Waals surface area contributed by atoms with Gasteiger partial charge in [0.1, 0.15) is 5.75 Å². The van der Waals surface area contributed by atoms with Crippen LogP contribution in [0.3, 0.4) is 0 Å². The van der Waals surface area contributed by atoms with Crippen LogP contribution in [-0.4, -0.2) is 11.6 Å². The van der Waals surface area contributed by atoms with E-state index < -0.39 is 0 Å². The molecule has 1 aromatic carbocycles. The van der Waals surface area contributed by atoms with Crippen molar-refractivity contribution in [3.63, 3.8) is 0 Å².